The van der Waals surface area contributed by atoms with E-state index in [0.29, 0.717) is 6.04 Å². The van der Waals surface area contributed by atoms with Crippen molar-refractivity contribution in [3.8, 4) is 0 Å². The molecule has 0 spiro atoms. The second-order valence-electron chi connectivity index (χ2n) is 7.42. The molecule has 0 bridgehead atoms. The van der Waals surface area contributed by atoms with E-state index >= 15 is 0 Å². The number of ether oxygens (including phenoxy) is 2. The molecule has 1 heterocycles. The summed E-state index contributed by atoms with van der Waals surface area (Å²) in [5.41, 5.74) is 1.37. The zero-order valence-electron chi connectivity index (χ0n) is 18.5. The van der Waals surface area contributed by atoms with Crippen LogP contribution >= 0.6 is 0 Å². The van der Waals surface area contributed by atoms with E-state index in [9.17, 15) is 0 Å². The molecule has 2 rings (SSSR count). The van der Waals surface area contributed by atoms with Crippen LogP contribution in [0.3, 0.4) is 0 Å². The van der Waals surface area contributed by atoms with Gasteiger partial charge in [-0.15, -0.1) is 0 Å². The summed E-state index contributed by atoms with van der Waals surface area (Å²) in [4.78, 5) is 7.39. The summed E-state index contributed by atoms with van der Waals surface area (Å²) in [6.07, 6.45) is 3.28. The lowest BCUT2D eigenvalue weighted by atomic mass is 10.0. The van der Waals surface area contributed by atoms with E-state index in [-0.39, 0.29) is 6.10 Å². The second kappa shape index (κ2) is 14.4. The zero-order valence-corrected chi connectivity index (χ0v) is 18.5. The number of nitrogens with one attached hydrogen (secondary N) is 2. The first-order valence-electron chi connectivity index (χ1n) is 11.3. The van der Waals surface area contributed by atoms with Gasteiger partial charge in [-0.25, -0.2) is 0 Å². The Morgan fingerprint density at radius 3 is 2.66 bits per heavy atom. The third-order valence-electron chi connectivity index (χ3n) is 5.30. The molecule has 2 N–H and O–H groups in total. The van der Waals surface area contributed by atoms with Crippen LogP contribution in [0.4, 0.5) is 0 Å². The Hall–Kier alpha value is -1.63. The molecule has 0 aliphatic carbocycles. The number of nitrogens with zero attached hydrogens (tertiary/aromatic N) is 2. The van der Waals surface area contributed by atoms with E-state index in [4.69, 9.17) is 14.5 Å². The van der Waals surface area contributed by atoms with Crippen molar-refractivity contribution in [1.82, 2.24) is 15.5 Å². The van der Waals surface area contributed by atoms with Gasteiger partial charge in [-0.3, -0.25) is 9.89 Å². The van der Waals surface area contributed by atoms with Crippen molar-refractivity contribution in [2.75, 3.05) is 52.5 Å². The lowest BCUT2D eigenvalue weighted by Crippen LogP contribution is -2.42. The van der Waals surface area contributed by atoms with Gasteiger partial charge >= 0.3 is 0 Å². The fraction of sp³-hybridized carbons (Fsp3) is 0.696. The van der Waals surface area contributed by atoms with Crippen LogP contribution in [0.25, 0.3) is 0 Å². The topological polar surface area (TPSA) is 58.1 Å². The van der Waals surface area contributed by atoms with Crippen LogP contribution in [0, 0.1) is 0 Å². The van der Waals surface area contributed by atoms with Gasteiger partial charge < -0.3 is 20.1 Å². The number of benzene rings is 1. The summed E-state index contributed by atoms with van der Waals surface area (Å²) in [7, 11) is 0. The third-order valence-corrected chi connectivity index (χ3v) is 5.30. The SMILES string of the molecule is CCNC(=NCC(Cc1ccccc1)N(CC)CC)NCCCOC1CCOC1. The van der Waals surface area contributed by atoms with E-state index in [2.05, 4.69) is 66.6 Å². The summed E-state index contributed by atoms with van der Waals surface area (Å²) >= 11 is 0. The van der Waals surface area contributed by atoms with Gasteiger partial charge in [-0.1, -0.05) is 44.2 Å². The number of hydrogen-bond donors (Lipinski definition) is 2. The van der Waals surface area contributed by atoms with Crippen LogP contribution in [0.2, 0.25) is 0 Å². The van der Waals surface area contributed by atoms with Crippen molar-refractivity contribution in [2.24, 2.45) is 4.99 Å². The molecule has 1 aliphatic heterocycles. The maximum absolute atomic E-state index is 5.84. The van der Waals surface area contributed by atoms with Crippen LogP contribution in [-0.2, 0) is 15.9 Å². The van der Waals surface area contributed by atoms with Crippen LogP contribution in [0.15, 0.2) is 35.3 Å². The first kappa shape index (κ1) is 23.6. The molecule has 1 aromatic rings. The third kappa shape index (κ3) is 9.15. The van der Waals surface area contributed by atoms with E-state index in [1.54, 1.807) is 0 Å². The van der Waals surface area contributed by atoms with Crippen LogP contribution in [0.5, 0.6) is 0 Å². The summed E-state index contributed by atoms with van der Waals surface area (Å²) in [6.45, 7) is 13.5. The highest BCUT2D eigenvalue weighted by molar-refractivity contribution is 5.79. The number of hydrogen-bond acceptors (Lipinski definition) is 4. The lowest BCUT2D eigenvalue weighted by Gasteiger charge is -2.29. The highest BCUT2D eigenvalue weighted by Crippen LogP contribution is 2.10. The Kier molecular flexibility index (Phi) is 11.7. The lowest BCUT2D eigenvalue weighted by molar-refractivity contribution is 0.0420. The largest absolute Gasteiger partial charge is 0.379 e. The van der Waals surface area contributed by atoms with Crippen molar-refractivity contribution in [1.29, 1.82) is 0 Å². The predicted octanol–water partition coefficient (Wildman–Crippen LogP) is 2.69. The molecular formula is C23H40N4O2. The van der Waals surface area contributed by atoms with Crippen molar-refractivity contribution >= 4 is 5.96 Å². The maximum atomic E-state index is 5.84. The molecule has 1 fully saturated rings. The fourth-order valence-electron chi connectivity index (χ4n) is 3.65. The summed E-state index contributed by atoms with van der Waals surface area (Å²) in [5, 5.41) is 6.82. The summed E-state index contributed by atoms with van der Waals surface area (Å²) in [5.74, 6) is 0.891. The van der Waals surface area contributed by atoms with Gasteiger partial charge in [0.2, 0.25) is 0 Å². The van der Waals surface area contributed by atoms with Crippen molar-refractivity contribution in [3.63, 3.8) is 0 Å². The van der Waals surface area contributed by atoms with Gasteiger partial charge in [-0.2, -0.15) is 0 Å². The molecule has 6 heteroatoms. The first-order chi connectivity index (χ1) is 14.3. The molecular weight excluding hydrogens is 364 g/mol. The summed E-state index contributed by atoms with van der Waals surface area (Å²) < 4.78 is 11.2. The van der Waals surface area contributed by atoms with E-state index in [0.717, 1.165) is 77.8 Å². The average molecular weight is 405 g/mol. The minimum Gasteiger partial charge on any atom is -0.379 e. The fourth-order valence-corrected chi connectivity index (χ4v) is 3.65. The Balaban J connectivity index is 1.84. The Labute approximate surface area is 177 Å². The Morgan fingerprint density at radius 1 is 1.21 bits per heavy atom. The second-order valence-corrected chi connectivity index (χ2v) is 7.42. The quantitative estimate of drug-likeness (QED) is 0.301. The van der Waals surface area contributed by atoms with Crippen LogP contribution in [-0.4, -0.2) is 75.5 Å². The monoisotopic (exact) mass is 404 g/mol. The minimum atomic E-state index is 0.282. The highest BCUT2D eigenvalue weighted by Gasteiger charge is 2.17. The molecule has 0 aromatic heterocycles. The molecule has 0 saturated carbocycles. The van der Waals surface area contributed by atoms with Crippen molar-refractivity contribution in [3.05, 3.63) is 35.9 Å². The molecule has 1 saturated heterocycles. The van der Waals surface area contributed by atoms with Gasteiger partial charge in [0.05, 0.1) is 19.3 Å². The minimum absolute atomic E-state index is 0.282. The van der Waals surface area contributed by atoms with Gasteiger partial charge in [0.25, 0.3) is 0 Å². The predicted molar refractivity (Wildman–Crippen MR) is 121 cm³/mol. The van der Waals surface area contributed by atoms with Crippen LogP contribution in [0.1, 0.15) is 39.2 Å². The Bertz CT molecular complexity index is 557. The molecule has 2 atom stereocenters. The molecule has 0 radical (unpaired) electrons. The highest BCUT2D eigenvalue weighted by atomic mass is 16.5. The standard InChI is InChI=1S/C23H40N4O2/c1-4-24-23(25-14-10-15-29-22-13-16-28-19-22)26-18-21(27(5-2)6-3)17-20-11-8-7-9-12-20/h7-9,11-12,21-22H,4-6,10,13-19H2,1-3H3,(H2,24,25,26). The van der Waals surface area contributed by atoms with Gasteiger partial charge in [-0.05, 0) is 44.8 Å². The smallest absolute Gasteiger partial charge is 0.191 e. The van der Waals surface area contributed by atoms with Crippen LogP contribution < -0.4 is 10.6 Å². The van der Waals surface area contributed by atoms with E-state index in [1.807, 2.05) is 0 Å². The molecule has 6 nitrogen and oxygen atoms in total. The number of likely N-dealkylation sites (N-methyl/N-ethyl adjacent to an activating group) is 1. The summed E-state index contributed by atoms with van der Waals surface area (Å²) in [6, 6.07) is 11.1. The van der Waals surface area contributed by atoms with E-state index < -0.39 is 0 Å². The Morgan fingerprint density at radius 2 is 2.00 bits per heavy atom. The van der Waals surface area contributed by atoms with Gasteiger partial charge in [0.1, 0.15) is 0 Å². The maximum Gasteiger partial charge on any atom is 0.191 e. The first-order valence-corrected chi connectivity index (χ1v) is 11.3. The van der Waals surface area contributed by atoms with Gasteiger partial charge in [0, 0.05) is 32.3 Å². The zero-order chi connectivity index (χ0) is 20.7. The molecule has 0 amide bonds. The number of guanidine groups is 1. The average Bonchev–Trinajstić information content (AvgIpc) is 3.26. The van der Waals surface area contributed by atoms with Gasteiger partial charge in [0.15, 0.2) is 5.96 Å². The number of rotatable bonds is 13. The number of aliphatic imine (C=N–C) groups is 1. The molecule has 1 aromatic carbocycles. The molecule has 29 heavy (non-hydrogen) atoms. The van der Waals surface area contributed by atoms with Crippen molar-refractivity contribution in [2.45, 2.75) is 52.2 Å². The normalized spacial score (nSPS) is 18.2. The molecule has 164 valence electrons. The molecule has 2 unspecified atom stereocenters. The molecule has 1 aliphatic rings. The van der Waals surface area contributed by atoms with Crippen molar-refractivity contribution < 1.29 is 9.47 Å². The van der Waals surface area contributed by atoms with E-state index in [1.165, 1.54) is 5.56 Å².